The first-order chi connectivity index (χ1) is 10.5. The maximum Gasteiger partial charge on any atom is 0.392 e. The third kappa shape index (κ3) is 7.46. The van der Waals surface area contributed by atoms with E-state index in [1.165, 1.54) is 37.7 Å². The van der Waals surface area contributed by atoms with Crippen molar-refractivity contribution < 1.29 is 8.85 Å². The largest absolute Gasteiger partial charge is 0.520 e. The summed E-state index contributed by atoms with van der Waals surface area (Å²) < 4.78 is 12.3. The molecule has 0 aliphatic carbocycles. The molecule has 0 aromatic heterocycles. The van der Waals surface area contributed by atoms with Gasteiger partial charge in [-0.15, -0.1) is 0 Å². The van der Waals surface area contributed by atoms with E-state index in [0.29, 0.717) is 5.92 Å². The molecule has 0 atom stereocenters. The van der Waals surface area contributed by atoms with Crippen LogP contribution >= 0.6 is 0 Å². The van der Waals surface area contributed by atoms with Gasteiger partial charge in [0.05, 0.1) is 0 Å². The molecular weight excluding hydrogens is 288 g/mol. The highest BCUT2D eigenvalue weighted by Gasteiger charge is 2.27. The Morgan fingerprint density at radius 1 is 0.955 bits per heavy atom. The molecule has 0 amide bonds. The summed E-state index contributed by atoms with van der Waals surface area (Å²) in [6.45, 7) is 11.8. The molecule has 0 saturated heterocycles. The van der Waals surface area contributed by atoms with Crippen LogP contribution in [0.4, 0.5) is 0 Å². The van der Waals surface area contributed by atoms with E-state index in [1.807, 2.05) is 6.07 Å². The Labute approximate surface area is 138 Å². The van der Waals surface area contributed by atoms with E-state index in [4.69, 9.17) is 8.85 Å². The minimum atomic E-state index is -2.10. The normalized spacial score (nSPS) is 11.9. The summed E-state index contributed by atoms with van der Waals surface area (Å²) in [6.07, 6.45) is 7.77. The van der Waals surface area contributed by atoms with E-state index in [9.17, 15) is 0 Å². The summed E-state index contributed by atoms with van der Waals surface area (Å²) in [5.41, 5.74) is 1.27. The molecule has 0 unspecified atom stereocenters. The van der Waals surface area contributed by atoms with Gasteiger partial charge in [0.2, 0.25) is 0 Å². The predicted octanol–water partition coefficient (Wildman–Crippen LogP) is 6.27. The number of rotatable bonds is 11. The molecule has 126 valence electrons. The van der Waals surface area contributed by atoms with Crippen molar-refractivity contribution in [3.05, 3.63) is 29.8 Å². The van der Waals surface area contributed by atoms with Crippen LogP contribution in [-0.2, 0) is 4.43 Å². The summed E-state index contributed by atoms with van der Waals surface area (Å²) in [7, 11) is -2.10. The summed E-state index contributed by atoms with van der Waals surface area (Å²) in [4.78, 5) is 0. The van der Waals surface area contributed by atoms with Crippen LogP contribution in [0, 0.1) is 0 Å². The molecule has 22 heavy (non-hydrogen) atoms. The van der Waals surface area contributed by atoms with Crippen LogP contribution in [0.15, 0.2) is 24.3 Å². The highest BCUT2D eigenvalue weighted by atomic mass is 28.4. The molecular formula is C19H34O2Si. The summed E-state index contributed by atoms with van der Waals surface area (Å²) >= 11 is 0. The molecule has 0 heterocycles. The van der Waals surface area contributed by atoms with Crippen LogP contribution in [0.2, 0.25) is 13.1 Å². The zero-order chi connectivity index (χ0) is 16.4. The second-order valence-corrected chi connectivity index (χ2v) is 10.1. The Kier molecular flexibility index (Phi) is 8.80. The fraction of sp³-hybridized carbons (Fsp3) is 0.684. The monoisotopic (exact) mass is 322 g/mol. The van der Waals surface area contributed by atoms with Gasteiger partial charge < -0.3 is 8.85 Å². The molecule has 0 N–H and O–H groups in total. The maximum absolute atomic E-state index is 6.26. The van der Waals surface area contributed by atoms with E-state index in [1.54, 1.807) is 0 Å². The summed E-state index contributed by atoms with van der Waals surface area (Å²) in [5.74, 6) is 1.47. The number of para-hydroxylation sites is 1. The SMILES string of the molecule is CCCCCCCCO[Si](C)(C)Oc1ccccc1C(C)C. The van der Waals surface area contributed by atoms with Crippen molar-refractivity contribution >= 4 is 8.56 Å². The molecule has 1 aromatic carbocycles. The van der Waals surface area contributed by atoms with Gasteiger partial charge >= 0.3 is 8.56 Å². The van der Waals surface area contributed by atoms with E-state index >= 15 is 0 Å². The third-order valence-electron chi connectivity index (χ3n) is 3.84. The van der Waals surface area contributed by atoms with Crippen molar-refractivity contribution in [1.82, 2.24) is 0 Å². The Morgan fingerprint density at radius 3 is 2.27 bits per heavy atom. The Hall–Kier alpha value is -0.803. The van der Waals surface area contributed by atoms with Crippen LogP contribution in [0.5, 0.6) is 5.75 Å². The number of benzene rings is 1. The van der Waals surface area contributed by atoms with Gasteiger partial charge in [0.25, 0.3) is 0 Å². The molecule has 1 aromatic rings. The van der Waals surface area contributed by atoms with Gasteiger partial charge in [0.15, 0.2) is 0 Å². The van der Waals surface area contributed by atoms with Crippen molar-refractivity contribution in [2.45, 2.75) is 78.3 Å². The minimum absolute atomic E-state index is 0.472. The van der Waals surface area contributed by atoms with Gasteiger partial charge in [-0.05, 0) is 37.1 Å². The molecule has 0 aliphatic heterocycles. The van der Waals surface area contributed by atoms with Gasteiger partial charge in [-0.25, -0.2) is 0 Å². The zero-order valence-corrected chi connectivity index (χ0v) is 16.2. The van der Waals surface area contributed by atoms with Gasteiger partial charge in [0, 0.05) is 6.61 Å². The van der Waals surface area contributed by atoms with E-state index in [2.05, 4.69) is 52.1 Å². The van der Waals surface area contributed by atoms with Crippen molar-refractivity contribution in [2.24, 2.45) is 0 Å². The quantitative estimate of drug-likeness (QED) is 0.353. The molecule has 0 saturated carbocycles. The average molecular weight is 323 g/mol. The topological polar surface area (TPSA) is 18.5 Å². The lowest BCUT2D eigenvalue weighted by atomic mass is 10.0. The molecule has 0 aliphatic rings. The van der Waals surface area contributed by atoms with E-state index < -0.39 is 8.56 Å². The van der Waals surface area contributed by atoms with E-state index in [-0.39, 0.29) is 0 Å². The summed E-state index contributed by atoms with van der Waals surface area (Å²) in [5, 5.41) is 0. The van der Waals surface area contributed by atoms with Gasteiger partial charge in [-0.2, -0.15) is 0 Å². The van der Waals surface area contributed by atoms with Crippen LogP contribution in [0.25, 0.3) is 0 Å². The lowest BCUT2D eigenvalue weighted by Gasteiger charge is -2.26. The Morgan fingerprint density at radius 2 is 1.59 bits per heavy atom. The third-order valence-corrected chi connectivity index (χ3v) is 5.46. The molecule has 3 heteroatoms. The Bertz CT molecular complexity index is 416. The average Bonchev–Trinajstić information content (AvgIpc) is 2.46. The standard InChI is InChI=1S/C19H34O2Si/c1-6-7-8-9-10-13-16-20-22(4,5)21-19-15-12-11-14-18(19)17(2)3/h11-12,14-15,17H,6-10,13,16H2,1-5H3. The number of hydrogen-bond acceptors (Lipinski definition) is 2. The minimum Gasteiger partial charge on any atom is -0.520 e. The molecule has 0 fully saturated rings. The molecule has 0 bridgehead atoms. The van der Waals surface area contributed by atoms with E-state index in [0.717, 1.165) is 18.8 Å². The molecule has 0 radical (unpaired) electrons. The number of hydrogen-bond donors (Lipinski definition) is 0. The lowest BCUT2D eigenvalue weighted by molar-refractivity contribution is 0.240. The van der Waals surface area contributed by atoms with Crippen LogP contribution in [-0.4, -0.2) is 15.2 Å². The first-order valence-corrected chi connectivity index (χ1v) is 11.7. The second kappa shape index (κ2) is 10.1. The zero-order valence-electron chi connectivity index (χ0n) is 15.2. The second-order valence-electron chi connectivity index (χ2n) is 6.81. The highest BCUT2D eigenvalue weighted by molar-refractivity contribution is 6.65. The lowest BCUT2D eigenvalue weighted by Crippen LogP contribution is -2.39. The van der Waals surface area contributed by atoms with Crippen LogP contribution < -0.4 is 4.43 Å². The summed E-state index contributed by atoms with van der Waals surface area (Å²) in [6, 6.07) is 8.34. The Balaban J connectivity index is 2.37. The molecule has 0 spiro atoms. The highest BCUT2D eigenvalue weighted by Crippen LogP contribution is 2.28. The number of unbranched alkanes of at least 4 members (excludes halogenated alkanes) is 5. The van der Waals surface area contributed by atoms with Crippen LogP contribution in [0.3, 0.4) is 0 Å². The first kappa shape index (κ1) is 19.2. The fourth-order valence-corrected chi connectivity index (χ4v) is 3.96. The van der Waals surface area contributed by atoms with Crippen molar-refractivity contribution in [3.8, 4) is 5.75 Å². The van der Waals surface area contributed by atoms with Gasteiger partial charge in [-0.3, -0.25) is 0 Å². The van der Waals surface area contributed by atoms with Gasteiger partial charge in [-0.1, -0.05) is 71.1 Å². The first-order valence-electron chi connectivity index (χ1n) is 8.88. The van der Waals surface area contributed by atoms with Crippen LogP contribution in [0.1, 0.15) is 70.8 Å². The maximum atomic E-state index is 6.26. The van der Waals surface area contributed by atoms with Crippen molar-refractivity contribution in [2.75, 3.05) is 6.61 Å². The fourth-order valence-electron chi connectivity index (χ4n) is 2.55. The molecule has 1 rings (SSSR count). The molecule has 2 nitrogen and oxygen atoms in total. The van der Waals surface area contributed by atoms with Crippen molar-refractivity contribution in [1.29, 1.82) is 0 Å². The van der Waals surface area contributed by atoms with Gasteiger partial charge in [0.1, 0.15) is 5.75 Å². The van der Waals surface area contributed by atoms with Crippen molar-refractivity contribution in [3.63, 3.8) is 0 Å². The smallest absolute Gasteiger partial charge is 0.392 e. The predicted molar refractivity (Wildman–Crippen MR) is 98.0 cm³/mol.